The van der Waals surface area contributed by atoms with Crippen LogP contribution in [0.2, 0.25) is 0 Å². The Hall–Kier alpha value is -4.38. The summed E-state index contributed by atoms with van der Waals surface area (Å²) in [5.74, 6) is 0.491. The van der Waals surface area contributed by atoms with Gasteiger partial charge in [0.1, 0.15) is 28.9 Å². The van der Waals surface area contributed by atoms with E-state index in [4.69, 9.17) is 9.15 Å². The van der Waals surface area contributed by atoms with Crippen molar-refractivity contribution in [1.82, 2.24) is 5.32 Å². The summed E-state index contributed by atoms with van der Waals surface area (Å²) in [6, 6.07) is 19.1. The fourth-order valence-corrected chi connectivity index (χ4v) is 3.10. The van der Waals surface area contributed by atoms with Crippen molar-refractivity contribution in [3.8, 4) is 23.1 Å². The number of furan rings is 1. The molecular formula is C24H21N3O5. The predicted octanol–water partition coefficient (Wildman–Crippen LogP) is 4.52. The van der Waals surface area contributed by atoms with Gasteiger partial charge in [0.2, 0.25) is 0 Å². The van der Waals surface area contributed by atoms with Gasteiger partial charge in [-0.15, -0.1) is 0 Å². The molecular weight excluding hydrogens is 410 g/mol. The second-order valence-electron chi connectivity index (χ2n) is 6.86. The molecule has 32 heavy (non-hydrogen) atoms. The van der Waals surface area contributed by atoms with Crippen molar-refractivity contribution in [3.05, 3.63) is 87.7 Å². The quantitative estimate of drug-likeness (QED) is 0.175. The molecule has 0 bridgehead atoms. The van der Waals surface area contributed by atoms with E-state index in [1.807, 2.05) is 36.4 Å². The molecule has 0 fully saturated rings. The number of hydrogen-bond acceptors (Lipinski definition) is 6. The molecule has 0 atom stereocenters. The summed E-state index contributed by atoms with van der Waals surface area (Å²) in [6.45, 7) is 0.432. The van der Waals surface area contributed by atoms with Gasteiger partial charge in [-0.3, -0.25) is 14.9 Å². The van der Waals surface area contributed by atoms with Crippen LogP contribution in [0.25, 0.3) is 17.4 Å². The van der Waals surface area contributed by atoms with E-state index < -0.39 is 10.8 Å². The van der Waals surface area contributed by atoms with E-state index in [0.29, 0.717) is 23.6 Å². The molecule has 0 saturated heterocycles. The molecule has 8 nitrogen and oxygen atoms in total. The van der Waals surface area contributed by atoms with Crippen LogP contribution in [0, 0.1) is 21.4 Å². The van der Waals surface area contributed by atoms with E-state index in [2.05, 4.69) is 5.32 Å². The van der Waals surface area contributed by atoms with E-state index in [9.17, 15) is 20.2 Å². The van der Waals surface area contributed by atoms with E-state index in [1.54, 1.807) is 12.1 Å². The van der Waals surface area contributed by atoms with Crippen molar-refractivity contribution in [3.63, 3.8) is 0 Å². The number of methoxy groups -OCH3 is 1. The highest BCUT2D eigenvalue weighted by molar-refractivity contribution is 6.01. The van der Waals surface area contributed by atoms with Crippen molar-refractivity contribution in [2.75, 3.05) is 13.7 Å². The van der Waals surface area contributed by atoms with Gasteiger partial charge in [-0.05, 0) is 36.6 Å². The minimum absolute atomic E-state index is 0.100. The Morgan fingerprint density at radius 3 is 2.69 bits per heavy atom. The summed E-state index contributed by atoms with van der Waals surface area (Å²) in [5.41, 5.74) is 1.36. The number of carbonyl (C=O) groups excluding carboxylic acids is 1. The van der Waals surface area contributed by atoms with Gasteiger partial charge in [0.25, 0.3) is 11.6 Å². The van der Waals surface area contributed by atoms with Crippen LogP contribution >= 0.6 is 0 Å². The van der Waals surface area contributed by atoms with E-state index >= 15 is 0 Å². The first-order chi connectivity index (χ1) is 15.5. The molecule has 3 rings (SSSR count). The number of amides is 1. The second kappa shape index (κ2) is 10.6. The number of benzene rings is 2. The minimum Gasteiger partial charge on any atom is -0.496 e. The molecule has 0 aliphatic heterocycles. The summed E-state index contributed by atoms with van der Waals surface area (Å²) in [4.78, 5) is 22.9. The SMILES string of the molecule is COc1ccc([N+](=O)[O-])cc1-c1ccc(/C=C(/C#N)C(=O)NCCCc2ccccc2)o1. The van der Waals surface area contributed by atoms with Crippen molar-refractivity contribution >= 4 is 17.7 Å². The number of aryl methyl sites for hydroxylation is 1. The summed E-state index contributed by atoms with van der Waals surface area (Å²) in [7, 11) is 1.45. The molecule has 1 amide bonds. The first-order valence-corrected chi connectivity index (χ1v) is 9.88. The number of nitrogens with zero attached hydrogens (tertiary/aromatic N) is 2. The van der Waals surface area contributed by atoms with Gasteiger partial charge in [0.05, 0.1) is 17.6 Å². The van der Waals surface area contributed by atoms with Crippen LogP contribution in [0.5, 0.6) is 5.75 Å². The molecule has 0 spiro atoms. The van der Waals surface area contributed by atoms with Gasteiger partial charge in [-0.25, -0.2) is 0 Å². The Bertz CT molecular complexity index is 1180. The van der Waals surface area contributed by atoms with Crippen LogP contribution in [0.4, 0.5) is 5.69 Å². The Morgan fingerprint density at radius 2 is 2.00 bits per heavy atom. The Kier molecular flexibility index (Phi) is 7.38. The average Bonchev–Trinajstić information content (AvgIpc) is 3.28. The molecule has 3 aromatic rings. The number of nitro groups is 1. The van der Waals surface area contributed by atoms with E-state index in [1.165, 1.54) is 36.9 Å². The molecule has 0 radical (unpaired) electrons. The largest absolute Gasteiger partial charge is 0.496 e. The van der Waals surface area contributed by atoms with Crippen molar-refractivity contribution in [2.24, 2.45) is 0 Å². The number of rotatable bonds is 9. The third-order valence-corrected chi connectivity index (χ3v) is 4.71. The van der Waals surface area contributed by atoms with Crippen LogP contribution in [0.15, 0.2) is 70.7 Å². The van der Waals surface area contributed by atoms with Gasteiger partial charge in [-0.2, -0.15) is 5.26 Å². The lowest BCUT2D eigenvalue weighted by atomic mass is 10.1. The predicted molar refractivity (Wildman–Crippen MR) is 119 cm³/mol. The second-order valence-corrected chi connectivity index (χ2v) is 6.86. The molecule has 8 heteroatoms. The average molecular weight is 431 g/mol. The Labute approximate surface area is 184 Å². The first kappa shape index (κ1) is 22.3. The van der Waals surface area contributed by atoms with E-state index in [-0.39, 0.29) is 17.0 Å². The molecule has 1 heterocycles. The lowest BCUT2D eigenvalue weighted by molar-refractivity contribution is -0.384. The van der Waals surface area contributed by atoms with E-state index in [0.717, 1.165) is 12.8 Å². The van der Waals surface area contributed by atoms with Gasteiger partial charge in [0, 0.05) is 24.8 Å². The first-order valence-electron chi connectivity index (χ1n) is 9.88. The van der Waals surface area contributed by atoms with Crippen molar-refractivity contribution < 1.29 is 18.9 Å². The molecule has 0 saturated carbocycles. The zero-order valence-electron chi connectivity index (χ0n) is 17.4. The number of hydrogen-bond donors (Lipinski definition) is 1. The highest BCUT2D eigenvalue weighted by Crippen LogP contribution is 2.34. The normalized spacial score (nSPS) is 10.9. The summed E-state index contributed by atoms with van der Waals surface area (Å²) < 4.78 is 11.0. The monoisotopic (exact) mass is 431 g/mol. The maximum atomic E-state index is 12.3. The molecule has 1 aromatic heterocycles. The molecule has 0 unspecified atom stereocenters. The highest BCUT2D eigenvalue weighted by Gasteiger charge is 2.16. The van der Waals surface area contributed by atoms with Crippen LogP contribution in [-0.2, 0) is 11.2 Å². The standard InChI is InChI=1S/C24H21N3O5/c1-31-22-11-9-19(27(29)30)15-21(22)23-12-10-20(32-23)14-18(16-25)24(28)26-13-5-8-17-6-3-2-4-7-17/h2-4,6-7,9-12,14-15H,5,8,13H2,1H3,(H,26,28)/b18-14-. The number of non-ortho nitro benzene ring substituents is 1. The number of nitro benzene ring substituents is 1. The number of nitrogens with one attached hydrogen (secondary N) is 1. The van der Waals surface area contributed by atoms with Crippen LogP contribution in [0.3, 0.4) is 0 Å². The highest BCUT2D eigenvalue weighted by atomic mass is 16.6. The minimum atomic E-state index is -0.511. The Balaban J connectivity index is 1.68. The molecule has 2 aromatic carbocycles. The summed E-state index contributed by atoms with van der Waals surface area (Å²) >= 11 is 0. The fourth-order valence-electron chi connectivity index (χ4n) is 3.10. The fraction of sp³-hybridized carbons (Fsp3) is 0.167. The summed E-state index contributed by atoms with van der Waals surface area (Å²) in [6.07, 6.45) is 2.89. The van der Waals surface area contributed by atoms with Gasteiger partial charge in [0.15, 0.2) is 0 Å². The number of ether oxygens (including phenoxy) is 1. The Morgan fingerprint density at radius 1 is 1.22 bits per heavy atom. The topological polar surface area (TPSA) is 118 Å². The third kappa shape index (κ3) is 5.61. The van der Waals surface area contributed by atoms with Crippen LogP contribution in [0.1, 0.15) is 17.7 Å². The maximum absolute atomic E-state index is 12.3. The zero-order chi connectivity index (χ0) is 22.9. The smallest absolute Gasteiger partial charge is 0.270 e. The number of carbonyl (C=O) groups is 1. The molecule has 0 aliphatic carbocycles. The van der Waals surface area contributed by atoms with Crippen LogP contribution < -0.4 is 10.1 Å². The van der Waals surface area contributed by atoms with Gasteiger partial charge < -0.3 is 14.5 Å². The molecule has 0 aliphatic rings. The zero-order valence-corrected chi connectivity index (χ0v) is 17.4. The van der Waals surface area contributed by atoms with Crippen molar-refractivity contribution in [2.45, 2.75) is 12.8 Å². The maximum Gasteiger partial charge on any atom is 0.270 e. The third-order valence-electron chi connectivity index (χ3n) is 4.71. The lowest BCUT2D eigenvalue weighted by Crippen LogP contribution is -2.25. The summed E-state index contributed by atoms with van der Waals surface area (Å²) in [5, 5.41) is 23.2. The lowest BCUT2D eigenvalue weighted by Gasteiger charge is -2.06. The van der Waals surface area contributed by atoms with Gasteiger partial charge >= 0.3 is 0 Å². The van der Waals surface area contributed by atoms with Crippen molar-refractivity contribution in [1.29, 1.82) is 5.26 Å². The molecule has 162 valence electrons. The van der Waals surface area contributed by atoms with Gasteiger partial charge in [-0.1, -0.05) is 30.3 Å². The van der Waals surface area contributed by atoms with Crippen LogP contribution in [-0.4, -0.2) is 24.5 Å². The molecule has 1 N–H and O–H groups in total. The number of nitriles is 1.